The van der Waals surface area contributed by atoms with Gasteiger partial charge in [-0.25, -0.2) is 8.42 Å². The molecular formula is C22H28N4O8S. The molecule has 2 rings (SSSR count). The van der Waals surface area contributed by atoms with Crippen LogP contribution in [-0.4, -0.2) is 70.2 Å². The number of nitrogens with zero attached hydrogens (tertiary/aromatic N) is 3. The normalized spacial score (nSPS) is 11.8. The highest BCUT2D eigenvalue weighted by molar-refractivity contribution is 7.92. The van der Waals surface area contributed by atoms with Gasteiger partial charge in [-0.15, -0.1) is 0 Å². The minimum Gasteiger partial charge on any atom is -0.497 e. The molecule has 0 saturated heterocycles. The molecule has 0 saturated carbocycles. The first kappa shape index (κ1) is 27.4. The van der Waals surface area contributed by atoms with E-state index in [1.165, 1.54) is 39.2 Å². The highest BCUT2D eigenvalue weighted by atomic mass is 32.2. The number of sulfonamides is 1. The lowest BCUT2D eigenvalue weighted by atomic mass is 10.1. The predicted octanol–water partition coefficient (Wildman–Crippen LogP) is 1.54. The number of nitro groups is 1. The minimum absolute atomic E-state index is 0.0195. The van der Waals surface area contributed by atoms with E-state index in [1.807, 2.05) is 0 Å². The Morgan fingerprint density at radius 2 is 1.83 bits per heavy atom. The smallest absolute Gasteiger partial charge is 0.271 e. The molecule has 0 aliphatic carbocycles. The van der Waals surface area contributed by atoms with Crippen molar-refractivity contribution in [1.82, 2.24) is 10.2 Å². The van der Waals surface area contributed by atoms with Gasteiger partial charge in [-0.3, -0.25) is 24.0 Å². The summed E-state index contributed by atoms with van der Waals surface area (Å²) in [6, 6.07) is 9.33. The molecule has 1 atom stereocenters. The minimum atomic E-state index is -4.09. The summed E-state index contributed by atoms with van der Waals surface area (Å²) in [5, 5.41) is 13.8. The Morgan fingerprint density at radius 3 is 2.37 bits per heavy atom. The van der Waals surface area contributed by atoms with Gasteiger partial charge in [-0.05, 0) is 30.7 Å². The van der Waals surface area contributed by atoms with Gasteiger partial charge in [0.1, 0.15) is 29.8 Å². The Hall–Kier alpha value is -3.87. The van der Waals surface area contributed by atoms with Crippen molar-refractivity contribution in [2.45, 2.75) is 19.5 Å². The first-order valence-corrected chi connectivity index (χ1v) is 12.2. The fourth-order valence-corrected chi connectivity index (χ4v) is 4.19. The average Bonchev–Trinajstić information content (AvgIpc) is 2.83. The quantitative estimate of drug-likeness (QED) is 0.355. The second-order valence-corrected chi connectivity index (χ2v) is 9.45. The Morgan fingerprint density at radius 1 is 1.14 bits per heavy atom. The van der Waals surface area contributed by atoms with Gasteiger partial charge in [0.25, 0.3) is 5.69 Å². The van der Waals surface area contributed by atoms with E-state index in [1.54, 1.807) is 24.3 Å². The van der Waals surface area contributed by atoms with E-state index in [9.17, 15) is 28.1 Å². The van der Waals surface area contributed by atoms with E-state index in [2.05, 4.69) is 5.32 Å². The highest BCUT2D eigenvalue weighted by Crippen LogP contribution is 2.34. The molecule has 0 heterocycles. The summed E-state index contributed by atoms with van der Waals surface area (Å²) in [5.74, 6) is -0.600. The van der Waals surface area contributed by atoms with E-state index in [0.29, 0.717) is 11.3 Å². The third-order valence-electron chi connectivity index (χ3n) is 5.22. The zero-order valence-electron chi connectivity index (χ0n) is 20.0. The van der Waals surface area contributed by atoms with Crippen molar-refractivity contribution in [2.24, 2.45) is 0 Å². The van der Waals surface area contributed by atoms with Crippen LogP contribution in [0.3, 0.4) is 0 Å². The van der Waals surface area contributed by atoms with Gasteiger partial charge in [0.2, 0.25) is 21.8 Å². The van der Waals surface area contributed by atoms with E-state index in [0.717, 1.165) is 22.7 Å². The number of carbonyl (C=O) groups is 2. The summed E-state index contributed by atoms with van der Waals surface area (Å²) in [7, 11) is 0.0917. The van der Waals surface area contributed by atoms with Crippen molar-refractivity contribution >= 4 is 33.2 Å². The molecule has 0 fully saturated rings. The number of ether oxygens (including phenoxy) is 2. The van der Waals surface area contributed by atoms with Crippen LogP contribution in [0.25, 0.3) is 0 Å². The molecule has 0 aliphatic heterocycles. The van der Waals surface area contributed by atoms with E-state index < -0.39 is 39.3 Å². The standard InChI is InChI=1S/C22H28N4O8S/c1-15(22(28)23-2)24(13-16-7-6-8-18(11-16)33-3)21(27)14-25(35(5,31)32)19-12-17(26(29)30)9-10-20(19)34-4/h6-12,15H,13-14H2,1-5H3,(H,23,28)/t15-/m0/s1. The van der Waals surface area contributed by atoms with Crippen LogP contribution in [-0.2, 0) is 26.2 Å². The SMILES string of the molecule is CNC(=O)[C@H](C)N(Cc1cccc(OC)c1)C(=O)CN(c1cc([N+](=O)[O-])ccc1OC)S(C)(=O)=O. The zero-order chi connectivity index (χ0) is 26.3. The van der Waals surface area contributed by atoms with Crippen molar-refractivity contribution in [3.8, 4) is 11.5 Å². The molecule has 0 aliphatic rings. The molecule has 2 aromatic carbocycles. The number of nitro benzene ring substituents is 1. The average molecular weight is 509 g/mol. The molecule has 35 heavy (non-hydrogen) atoms. The Kier molecular flexibility index (Phi) is 9.00. The van der Waals surface area contributed by atoms with Crippen LogP contribution >= 0.6 is 0 Å². The third kappa shape index (κ3) is 6.82. The summed E-state index contributed by atoms with van der Waals surface area (Å²) in [6.45, 7) is 0.769. The first-order valence-electron chi connectivity index (χ1n) is 10.4. The van der Waals surface area contributed by atoms with Gasteiger partial charge < -0.3 is 19.7 Å². The van der Waals surface area contributed by atoms with Gasteiger partial charge in [-0.2, -0.15) is 0 Å². The zero-order valence-corrected chi connectivity index (χ0v) is 20.9. The van der Waals surface area contributed by atoms with Crippen molar-refractivity contribution in [3.05, 3.63) is 58.1 Å². The first-order chi connectivity index (χ1) is 16.4. The van der Waals surface area contributed by atoms with Gasteiger partial charge in [0.15, 0.2) is 0 Å². The van der Waals surface area contributed by atoms with Gasteiger partial charge >= 0.3 is 0 Å². The number of rotatable bonds is 11. The van der Waals surface area contributed by atoms with Crippen molar-refractivity contribution in [1.29, 1.82) is 0 Å². The van der Waals surface area contributed by atoms with Crippen LogP contribution in [0.15, 0.2) is 42.5 Å². The number of anilines is 1. The molecule has 0 aromatic heterocycles. The molecule has 13 heteroatoms. The van der Waals surface area contributed by atoms with Crippen LogP contribution in [0, 0.1) is 10.1 Å². The van der Waals surface area contributed by atoms with Crippen LogP contribution < -0.4 is 19.1 Å². The summed E-state index contributed by atoms with van der Waals surface area (Å²) in [6.07, 6.45) is 0.868. The molecule has 1 N–H and O–H groups in total. The lowest BCUT2D eigenvalue weighted by Crippen LogP contribution is -2.50. The largest absolute Gasteiger partial charge is 0.497 e. The summed E-state index contributed by atoms with van der Waals surface area (Å²) in [4.78, 5) is 37.6. The molecule has 190 valence electrons. The molecule has 0 bridgehead atoms. The maximum absolute atomic E-state index is 13.4. The summed E-state index contributed by atoms with van der Waals surface area (Å²) < 4.78 is 36.5. The summed E-state index contributed by atoms with van der Waals surface area (Å²) in [5.41, 5.74) is 0.0904. The monoisotopic (exact) mass is 508 g/mol. The fourth-order valence-electron chi connectivity index (χ4n) is 3.34. The number of nitrogens with one attached hydrogen (secondary N) is 1. The van der Waals surface area contributed by atoms with Crippen molar-refractivity contribution in [3.63, 3.8) is 0 Å². The lowest BCUT2D eigenvalue weighted by molar-refractivity contribution is -0.384. The van der Waals surface area contributed by atoms with Gasteiger partial charge in [-0.1, -0.05) is 12.1 Å². The predicted molar refractivity (Wildman–Crippen MR) is 129 cm³/mol. The number of hydrogen-bond acceptors (Lipinski definition) is 8. The number of methoxy groups -OCH3 is 2. The third-order valence-corrected chi connectivity index (χ3v) is 6.35. The lowest BCUT2D eigenvalue weighted by Gasteiger charge is -2.31. The van der Waals surface area contributed by atoms with Crippen LogP contribution in [0.1, 0.15) is 12.5 Å². The number of hydrogen-bond donors (Lipinski definition) is 1. The van der Waals surface area contributed by atoms with E-state index in [-0.39, 0.29) is 23.7 Å². The fraction of sp³-hybridized carbons (Fsp3) is 0.364. The second kappa shape index (κ2) is 11.5. The Balaban J connectivity index is 2.52. The number of non-ortho nitro benzene ring substituents is 1. The summed E-state index contributed by atoms with van der Waals surface area (Å²) >= 11 is 0. The molecule has 0 unspecified atom stereocenters. The molecule has 2 aromatic rings. The van der Waals surface area contributed by atoms with E-state index in [4.69, 9.17) is 9.47 Å². The van der Waals surface area contributed by atoms with Crippen LogP contribution in [0.4, 0.5) is 11.4 Å². The maximum Gasteiger partial charge on any atom is 0.271 e. The molecule has 0 radical (unpaired) electrons. The Bertz CT molecular complexity index is 1200. The second-order valence-electron chi connectivity index (χ2n) is 7.55. The maximum atomic E-state index is 13.4. The number of likely N-dealkylation sites (N-methyl/N-ethyl adjacent to an activating group) is 1. The molecular weight excluding hydrogens is 480 g/mol. The molecule has 2 amide bonds. The van der Waals surface area contributed by atoms with Crippen molar-refractivity contribution in [2.75, 3.05) is 38.4 Å². The van der Waals surface area contributed by atoms with Crippen molar-refractivity contribution < 1.29 is 32.4 Å². The van der Waals surface area contributed by atoms with Gasteiger partial charge in [0, 0.05) is 25.7 Å². The Labute approximate surface area is 203 Å². The number of benzene rings is 2. The highest BCUT2D eigenvalue weighted by Gasteiger charge is 2.31. The topological polar surface area (TPSA) is 148 Å². The molecule has 0 spiro atoms. The van der Waals surface area contributed by atoms with Crippen LogP contribution in [0.5, 0.6) is 11.5 Å². The molecule has 12 nitrogen and oxygen atoms in total. The van der Waals surface area contributed by atoms with E-state index >= 15 is 0 Å². The number of carbonyl (C=O) groups excluding carboxylic acids is 2. The number of amides is 2. The van der Waals surface area contributed by atoms with Crippen LogP contribution in [0.2, 0.25) is 0 Å². The van der Waals surface area contributed by atoms with Gasteiger partial charge in [0.05, 0.1) is 25.4 Å².